The Bertz CT molecular complexity index is 3620. The Hall–Kier alpha value is -8.20. The molecule has 0 aliphatic carbocycles. The number of anilines is 3. The molecule has 1 aromatic heterocycles. The summed E-state index contributed by atoms with van der Waals surface area (Å²) in [7, 11) is 0. The van der Waals surface area contributed by atoms with Crippen LogP contribution in [0.4, 0.5) is 17.1 Å². The van der Waals surface area contributed by atoms with Gasteiger partial charge in [0.25, 0.3) is 0 Å². The summed E-state index contributed by atoms with van der Waals surface area (Å²) in [6.07, 6.45) is 0. The van der Waals surface area contributed by atoms with Crippen LogP contribution in [0.5, 0.6) is 0 Å². The summed E-state index contributed by atoms with van der Waals surface area (Å²) in [5.41, 5.74) is 14.1. The lowest BCUT2D eigenvalue weighted by Gasteiger charge is -2.28. The van der Waals surface area contributed by atoms with Crippen LogP contribution in [0.25, 0.3) is 93.2 Å². The first-order chi connectivity index (χ1) is 30.8. The highest BCUT2D eigenvalue weighted by Gasteiger charge is 2.22. The average Bonchev–Trinajstić information content (AvgIpc) is 3.68. The molecule has 2 heteroatoms. The van der Waals surface area contributed by atoms with Gasteiger partial charge in [-0.1, -0.05) is 188 Å². The second-order valence-corrected chi connectivity index (χ2v) is 16.1. The molecule has 2 nitrogen and oxygen atoms in total. The van der Waals surface area contributed by atoms with Gasteiger partial charge in [-0.05, 0) is 115 Å². The molecule has 0 aliphatic rings. The van der Waals surface area contributed by atoms with Crippen molar-refractivity contribution in [1.82, 2.24) is 4.57 Å². The Labute approximate surface area is 360 Å². The maximum absolute atomic E-state index is 2.46. The van der Waals surface area contributed by atoms with Gasteiger partial charge in [0.15, 0.2) is 0 Å². The van der Waals surface area contributed by atoms with E-state index in [4.69, 9.17) is 0 Å². The minimum absolute atomic E-state index is 1.09. The molecule has 290 valence electrons. The van der Waals surface area contributed by atoms with Crippen molar-refractivity contribution in [3.63, 3.8) is 0 Å². The predicted molar refractivity (Wildman–Crippen MR) is 264 cm³/mol. The highest BCUT2D eigenvalue weighted by Crippen LogP contribution is 2.47. The Morgan fingerprint density at radius 3 is 1.60 bits per heavy atom. The van der Waals surface area contributed by atoms with Crippen molar-refractivity contribution in [3.8, 4) is 39.1 Å². The van der Waals surface area contributed by atoms with Crippen LogP contribution in [0.3, 0.4) is 0 Å². The molecular formula is C60H40N2. The molecule has 11 aromatic carbocycles. The molecule has 0 spiro atoms. The van der Waals surface area contributed by atoms with Crippen LogP contribution >= 0.6 is 0 Å². The van der Waals surface area contributed by atoms with Gasteiger partial charge < -0.3 is 9.47 Å². The number of hydrogen-bond acceptors (Lipinski definition) is 1. The standard InChI is InChI=1S/C60H40N2/c1-3-18-41(19-4-1)49-26-11-12-27-50(49)42-34-36-47(37-35-42)61(57-39-43-20-7-9-28-51(43)53-30-13-14-31-54(53)57)48-25-17-22-45(38-48)59-52-29-10-8-21-44(52)40-58-60(59)55-32-15-16-33-56(55)62(58)46-23-5-2-6-24-46/h1-40H. The first-order valence-corrected chi connectivity index (χ1v) is 21.3. The van der Waals surface area contributed by atoms with Gasteiger partial charge in [0.05, 0.1) is 16.7 Å². The fourth-order valence-corrected chi connectivity index (χ4v) is 9.79. The first kappa shape index (κ1) is 35.7. The van der Waals surface area contributed by atoms with Crippen LogP contribution < -0.4 is 4.90 Å². The zero-order valence-corrected chi connectivity index (χ0v) is 34.0. The average molecular weight is 789 g/mol. The molecule has 0 saturated carbocycles. The van der Waals surface area contributed by atoms with Crippen molar-refractivity contribution < 1.29 is 0 Å². The van der Waals surface area contributed by atoms with Crippen LogP contribution in [0, 0.1) is 0 Å². The van der Waals surface area contributed by atoms with Crippen LogP contribution in [-0.4, -0.2) is 4.57 Å². The van der Waals surface area contributed by atoms with E-state index >= 15 is 0 Å². The summed E-state index contributed by atoms with van der Waals surface area (Å²) in [5.74, 6) is 0. The largest absolute Gasteiger partial charge is 0.310 e. The number of rotatable bonds is 7. The van der Waals surface area contributed by atoms with E-state index in [9.17, 15) is 0 Å². The highest BCUT2D eigenvalue weighted by molar-refractivity contribution is 6.23. The Morgan fingerprint density at radius 1 is 0.306 bits per heavy atom. The van der Waals surface area contributed by atoms with Crippen LogP contribution in [-0.2, 0) is 0 Å². The molecule has 0 bridgehead atoms. The van der Waals surface area contributed by atoms with E-state index in [1.54, 1.807) is 0 Å². The third-order valence-corrected chi connectivity index (χ3v) is 12.5. The van der Waals surface area contributed by atoms with E-state index in [0.717, 1.165) is 22.7 Å². The van der Waals surface area contributed by atoms with Crippen LogP contribution in [0.1, 0.15) is 0 Å². The van der Waals surface area contributed by atoms with Gasteiger partial charge in [0.2, 0.25) is 0 Å². The molecule has 0 unspecified atom stereocenters. The van der Waals surface area contributed by atoms with E-state index in [1.807, 2.05) is 0 Å². The molecule has 12 rings (SSSR count). The minimum Gasteiger partial charge on any atom is -0.310 e. The zero-order chi connectivity index (χ0) is 41.0. The molecule has 0 atom stereocenters. The second kappa shape index (κ2) is 14.8. The molecule has 1 heterocycles. The SMILES string of the molecule is c1ccc(-c2ccccc2-c2ccc(N(c3cccc(-c4c5ccccc5cc5c4c4ccccc4n5-c4ccccc4)c3)c3cc4ccccc4c4ccccc34)cc2)cc1. The summed E-state index contributed by atoms with van der Waals surface area (Å²) < 4.78 is 2.43. The maximum atomic E-state index is 2.46. The molecule has 0 amide bonds. The monoisotopic (exact) mass is 788 g/mol. The van der Waals surface area contributed by atoms with Crippen molar-refractivity contribution >= 4 is 71.2 Å². The second-order valence-electron chi connectivity index (χ2n) is 16.1. The first-order valence-electron chi connectivity index (χ1n) is 21.3. The molecule has 0 aliphatic heterocycles. The van der Waals surface area contributed by atoms with E-state index in [1.165, 1.54) is 87.5 Å². The fraction of sp³-hybridized carbons (Fsp3) is 0. The summed E-state index contributed by atoms with van der Waals surface area (Å²) in [6, 6.07) is 88.5. The molecule has 0 saturated heterocycles. The van der Waals surface area contributed by atoms with Gasteiger partial charge >= 0.3 is 0 Å². The number of nitrogens with zero attached hydrogens (tertiary/aromatic N) is 2. The number of para-hydroxylation sites is 2. The van der Waals surface area contributed by atoms with Gasteiger partial charge in [0.1, 0.15) is 0 Å². The maximum Gasteiger partial charge on any atom is 0.0553 e. The molecule has 0 N–H and O–H groups in total. The quantitative estimate of drug-likeness (QED) is 0.146. The van der Waals surface area contributed by atoms with Gasteiger partial charge in [-0.2, -0.15) is 0 Å². The molecular weight excluding hydrogens is 749 g/mol. The van der Waals surface area contributed by atoms with Gasteiger partial charge in [0, 0.05) is 33.2 Å². The highest BCUT2D eigenvalue weighted by atomic mass is 15.1. The third-order valence-electron chi connectivity index (χ3n) is 12.5. The molecule has 12 aromatic rings. The summed E-state index contributed by atoms with van der Waals surface area (Å²) >= 11 is 0. The van der Waals surface area contributed by atoms with Gasteiger partial charge in [-0.3, -0.25) is 0 Å². The lowest BCUT2D eigenvalue weighted by molar-refractivity contribution is 1.18. The lowest BCUT2D eigenvalue weighted by atomic mass is 9.92. The number of hydrogen-bond donors (Lipinski definition) is 0. The van der Waals surface area contributed by atoms with Crippen molar-refractivity contribution in [1.29, 1.82) is 0 Å². The third kappa shape index (κ3) is 5.88. The van der Waals surface area contributed by atoms with E-state index in [-0.39, 0.29) is 0 Å². The van der Waals surface area contributed by atoms with E-state index < -0.39 is 0 Å². The van der Waals surface area contributed by atoms with Crippen molar-refractivity contribution in [3.05, 3.63) is 243 Å². The fourth-order valence-electron chi connectivity index (χ4n) is 9.79. The van der Waals surface area contributed by atoms with Gasteiger partial charge in [-0.25, -0.2) is 0 Å². The van der Waals surface area contributed by atoms with Crippen LogP contribution in [0.2, 0.25) is 0 Å². The normalized spacial score (nSPS) is 11.5. The van der Waals surface area contributed by atoms with Crippen molar-refractivity contribution in [2.45, 2.75) is 0 Å². The topological polar surface area (TPSA) is 8.17 Å². The molecule has 0 fully saturated rings. The van der Waals surface area contributed by atoms with E-state index in [2.05, 4.69) is 252 Å². The Kier molecular flexibility index (Phi) is 8.53. The van der Waals surface area contributed by atoms with Crippen molar-refractivity contribution in [2.24, 2.45) is 0 Å². The summed E-state index contributed by atoms with van der Waals surface area (Å²) in [5, 5.41) is 9.84. The molecule has 62 heavy (non-hydrogen) atoms. The summed E-state index contributed by atoms with van der Waals surface area (Å²) in [6.45, 7) is 0. The van der Waals surface area contributed by atoms with Gasteiger partial charge in [-0.15, -0.1) is 0 Å². The predicted octanol–water partition coefficient (Wildman–Crippen LogP) is 16.7. The van der Waals surface area contributed by atoms with E-state index in [0.29, 0.717) is 0 Å². The smallest absolute Gasteiger partial charge is 0.0553 e. The zero-order valence-electron chi connectivity index (χ0n) is 34.0. The number of benzene rings is 11. The molecule has 0 radical (unpaired) electrons. The number of fused-ring (bicyclic) bond motifs is 7. The summed E-state index contributed by atoms with van der Waals surface area (Å²) in [4.78, 5) is 2.46. The van der Waals surface area contributed by atoms with Crippen LogP contribution in [0.15, 0.2) is 243 Å². The minimum atomic E-state index is 1.09. The number of aromatic nitrogens is 1. The van der Waals surface area contributed by atoms with Crippen molar-refractivity contribution in [2.75, 3.05) is 4.90 Å². The lowest BCUT2D eigenvalue weighted by Crippen LogP contribution is -2.11. The Morgan fingerprint density at radius 2 is 0.855 bits per heavy atom. The Balaban J connectivity index is 1.10.